The van der Waals surface area contributed by atoms with Gasteiger partial charge in [0.1, 0.15) is 51.6 Å². The number of nitrogens with zero attached hydrogens (tertiary/aromatic N) is 4. The number of nitrogens with two attached hydrogens (primary N) is 2. The number of rotatable bonds is 8. The van der Waals surface area contributed by atoms with Crippen LogP contribution in [0.5, 0.6) is 11.5 Å². The van der Waals surface area contributed by atoms with Crippen molar-refractivity contribution in [3.8, 4) is 22.8 Å². The number of aliphatic imine (C=N–C) groups is 1. The zero-order valence-corrected chi connectivity index (χ0v) is 32.5. The molecule has 0 amide bonds. The van der Waals surface area contributed by atoms with Gasteiger partial charge in [-0.15, -0.1) is 0 Å². The Bertz CT molecular complexity index is 2470. The number of anilines is 2. The zero-order chi connectivity index (χ0) is 39.8. The topological polar surface area (TPSA) is 204 Å². The lowest BCUT2D eigenvalue weighted by molar-refractivity contribution is -0.170. The molecule has 5 unspecified atom stereocenters. The standard InChI is InChI=1S/C43H47N7O7/c1-22-11-31(51)38-32(54-22)17-33-37(39(38)52)28-12-24(18-46-4)7-9-43(41(53)55-40(28)42(2,3)56-33)34(57-43)6-5-23-13-29(49-35(44)14-23)26-15-27(48-36(45)16-26)20-50-19-25-8-10-47-30(25)21-50/h8,10-11,13-17,21,24,28,34,40,46,52H,5-7,9,12,18-20H2,1-4H3,(H2,44,49)(H2,45,48). The molecule has 0 bridgehead atoms. The van der Waals surface area contributed by atoms with Crippen molar-refractivity contribution in [2.24, 2.45) is 10.9 Å². The molecule has 5 atom stereocenters. The maximum atomic E-state index is 14.4. The quantitative estimate of drug-likeness (QED) is 0.137. The number of hydrogen-bond donors (Lipinski definition) is 4. The van der Waals surface area contributed by atoms with E-state index in [1.54, 1.807) is 19.1 Å². The van der Waals surface area contributed by atoms with Gasteiger partial charge in [0, 0.05) is 53.7 Å². The van der Waals surface area contributed by atoms with Gasteiger partial charge < -0.3 is 45.4 Å². The Balaban J connectivity index is 0.953. The minimum atomic E-state index is -1.12. The van der Waals surface area contributed by atoms with Crippen LogP contribution in [0, 0.1) is 12.8 Å². The van der Waals surface area contributed by atoms with Gasteiger partial charge in [-0.2, -0.15) is 0 Å². The summed E-state index contributed by atoms with van der Waals surface area (Å²) in [6.45, 7) is 7.45. The molecule has 3 aromatic heterocycles. The minimum Gasteiger partial charge on any atom is -0.507 e. The molecule has 9 rings (SSSR count). The Kier molecular flexibility index (Phi) is 8.89. The molecule has 2 fully saturated rings. The Morgan fingerprint density at radius 2 is 1.89 bits per heavy atom. The number of aromatic hydroxyl groups is 1. The zero-order valence-electron chi connectivity index (χ0n) is 32.5. The number of carbonyl (C=O) groups is 1. The highest BCUT2D eigenvalue weighted by molar-refractivity contribution is 5.88. The number of pyridine rings is 2. The van der Waals surface area contributed by atoms with Crippen LogP contribution in [0.25, 0.3) is 22.2 Å². The number of epoxide rings is 1. The van der Waals surface area contributed by atoms with E-state index in [0.29, 0.717) is 79.6 Å². The number of phenolic OH excluding ortho intramolecular Hbond substituents is 1. The summed E-state index contributed by atoms with van der Waals surface area (Å²) in [7, 11) is 1.90. The van der Waals surface area contributed by atoms with E-state index in [1.807, 2.05) is 57.6 Å². The van der Waals surface area contributed by atoms with Crippen LogP contribution in [0.15, 0.2) is 74.1 Å². The highest BCUT2D eigenvalue weighted by Crippen LogP contribution is 2.54. The van der Waals surface area contributed by atoms with E-state index in [2.05, 4.69) is 25.2 Å². The third-order valence-corrected chi connectivity index (χ3v) is 12.0. The summed E-state index contributed by atoms with van der Waals surface area (Å²) >= 11 is 0. The first-order valence-electron chi connectivity index (χ1n) is 19.6. The average Bonchev–Trinajstić information content (AvgIpc) is 3.44. The number of nitrogens with one attached hydrogen (secondary N) is 1. The number of phenols is 1. The van der Waals surface area contributed by atoms with Crippen LogP contribution in [0.3, 0.4) is 0 Å². The molecular weight excluding hydrogens is 727 g/mol. The third-order valence-electron chi connectivity index (χ3n) is 12.0. The van der Waals surface area contributed by atoms with E-state index < -0.39 is 29.2 Å². The fraction of sp³-hybridized carbons (Fsp3) is 0.419. The molecule has 5 aliphatic heterocycles. The molecule has 2 saturated heterocycles. The molecule has 1 aromatic carbocycles. The van der Waals surface area contributed by atoms with E-state index >= 15 is 0 Å². The van der Waals surface area contributed by atoms with E-state index in [4.69, 9.17) is 30.1 Å². The number of ether oxygens (including phenoxy) is 3. The maximum absolute atomic E-state index is 14.4. The Morgan fingerprint density at radius 1 is 1.07 bits per heavy atom. The van der Waals surface area contributed by atoms with Crippen molar-refractivity contribution in [2.45, 2.75) is 88.7 Å². The van der Waals surface area contributed by atoms with Gasteiger partial charge in [-0.3, -0.25) is 9.79 Å². The first-order valence-corrected chi connectivity index (χ1v) is 19.6. The molecule has 14 nitrogen and oxygen atoms in total. The number of nitrogen functional groups attached to an aromatic ring is 2. The van der Waals surface area contributed by atoms with E-state index in [9.17, 15) is 14.7 Å². The molecule has 8 heterocycles. The Hall–Kier alpha value is -5.73. The fourth-order valence-corrected chi connectivity index (χ4v) is 9.31. The van der Waals surface area contributed by atoms with Crippen molar-refractivity contribution in [1.82, 2.24) is 20.2 Å². The van der Waals surface area contributed by atoms with Crippen molar-refractivity contribution in [2.75, 3.05) is 31.6 Å². The molecule has 0 saturated carbocycles. The van der Waals surface area contributed by atoms with Crippen molar-refractivity contribution in [3.63, 3.8) is 0 Å². The number of allylic oxidation sites excluding steroid dienone is 1. The van der Waals surface area contributed by atoms with Gasteiger partial charge >= 0.3 is 5.97 Å². The highest BCUT2D eigenvalue weighted by atomic mass is 16.7. The van der Waals surface area contributed by atoms with Crippen LogP contribution in [-0.2, 0) is 27.2 Å². The monoisotopic (exact) mass is 773 g/mol. The Morgan fingerprint density at radius 3 is 2.70 bits per heavy atom. The molecule has 57 heavy (non-hydrogen) atoms. The SMILES string of the molecule is CNCC1CCC2(OC2CCc2cc(N)nc(-c3cc(N)nc(CN4C=C5N=CC=C5C4)c3)c2)C(=O)OC2C(C1)c1c(cc3oc(C)cc(=O)c3c1O)OC2(C)C. The van der Waals surface area contributed by atoms with Gasteiger partial charge in [0.2, 0.25) is 0 Å². The molecule has 296 valence electrons. The lowest BCUT2D eigenvalue weighted by Crippen LogP contribution is -2.52. The molecule has 1 spiro atoms. The van der Waals surface area contributed by atoms with Gasteiger partial charge in [-0.1, -0.05) is 0 Å². The summed E-state index contributed by atoms with van der Waals surface area (Å²) < 4.78 is 25.1. The van der Waals surface area contributed by atoms with Gasteiger partial charge in [0.05, 0.1) is 29.7 Å². The van der Waals surface area contributed by atoms with Crippen LogP contribution >= 0.6 is 0 Å². The lowest BCUT2D eigenvalue weighted by atomic mass is 9.75. The largest absolute Gasteiger partial charge is 0.507 e. The van der Waals surface area contributed by atoms with E-state index in [-0.39, 0.29) is 34.2 Å². The van der Waals surface area contributed by atoms with Crippen LogP contribution in [0.2, 0.25) is 0 Å². The minimum absolute atomic E-state index is 0.0862. The highest BCUT2D eigenvalue weighted by Gasteiger charge is 2.65. The molecular formula is C43H47N7O7. The van der Waals surface area contributed by atoms with Crippen molar-refractivity contribution in [1.29, 1.82) is 0 Å². The number of fused-ring (bicyclic) bond motifs is 5. The summed E-state index contributed by atoms with van der Waals surface area (Å²) in [6.07, 6.45) is 7.60. The predicted octanol–water partition coefficient (Wildman–Crippen LogP) is 5.05. The first kappa shape index (κ1) is 36.9. The normalized spacial score (nSPS) is 25.8. The predicted molar refractivity (Wildman–Crippen MR) is 215 cm³/mol. The third kappa shape index (κ3) is 6.69. The van der Waals surface area contributed by atoms with Crippen LogP contribution in [0.1, 0.15) is 68.0 Å². The Labute approximate surface area is 329 Å². The molecule has 0 aliphatic carbocycles. The molecule has 6 N–H and O–H groups in total. The second-order valence-corrected chi connectivity index (χ2v) is 16.5. The van der Waals surface area contributed by atoms with Gasteiger partial charge in [0.15, 0.2) is 11.0 Å². The second kappa shape index (κ2) is 13.7. The molecule has 4 aromatic rings. The smallest absolute Gasteiger partial charge is 0.341 e. The number of aromatic nitrogens is 2. The van der Waals surface area contributed by atoms with Crippen LogP contribution < -0.4 is 26.9 Å². The first-order chi connectivity index (χ1) is 27.3. The van der Waals surface area contributed by atoms with Crippen LogP contribution in [-0.4, -0.2) is 75.7 Å². The van der Waals surface area contributed by atoms with E-state index in [1.165, 1.54) is 11.6 Å². The van der Waals surface area contributed by atoms with Crippen LogP contribution in [0.4, 0.5) is 11.6 Å². The van der Waals surface area contributed by atoms with Crippen molar-refractivity contribution >= 4 is 34.8 Å². The summed E-state index contributed by atoms with van der Waals surface area (Å²) in [5.74, 6) is 0.602. The molecule has 14 heteroatoms. The number of hydrogen-bond acceptors (Lipinski definition) is 14. The number of benzene rings is 1. The second-order valence-electron chi connectivity index (χ2n) is 16.5. The number of esters is 1. The van der Waals surface area contributed by atoms with E-state index in [0.717, 1.165) is 29.1 Å². The van der Waals surface area contributed by atoms with Crippen molar-refractivity contribution in [3.05, 3.63) is 92.7 Å². The average molecular weight is 774 g/mol. The summed E-state index contributed by atoms with van der Waals surface area (Å²) in [5, 5.41) is 15.1. The number of carbonyl (C=O) groups excluding carboxylic acids is 1. The lowest BCUT2D eigenvalue weighted by Gasteiger charge is -2.45. The molecule has 0 radical (unpaired) electrons. The van der Waals surface area contributed by atoms with Gasteiger partial charge in [-0.25, -0.2) is 14.8 Å². The van der Waals surface area contributed by atoms with Gasteiger partial charge in [0.25, 0.3) is 0 Å². The van der Waals surface area contributed by atoms with Gasteiger partial charge in [-0.05, 0) is 108 Å². The van der Waals surface area contributed by atoms with Crippen molar-refractivity contribution < 1.29 is 28.5 Å². The summed E-state index contributed by atoms with van der Waals surface area (Å²) in [6, 6.07) is 10.7. The maximum Gasteiger partial charge on any atom is 0.341 e. The fourth-order valence-electron chi connectivity index (χ4n) is 9.31. The summed E-state index contributed by atoms with van der Waals surface area (Å²) in [5.41, 5.74) is 16.3. The molecule has 5 aliphatic rings. The summed E-state index contributed by atoms with van der Waals surface area (Å²) in [4.78, 5) is 43.2. The number of aryl methyl sites for hydroxylation is 2.